The second-order valence-corrected chi connectivity index (χ2v) is 8.58. The summed E-state index contributed by atoms with van der Waals surface area (Å²) in [6, 6.07) is 5.65. The zero-order chi connectivity index (χ0) is 15.4. The van der Waals surface area contributed by atoms with Crippen molar-refractivity contribution in [2.45, 2.75) is 24.7 Å². The van der Waals surface area contributed by atoms with Crippen LogP contribution in [0.25, 0.3) is 0 Å². The van der Waals surface area contributed by atoms with Gasteiger partial charge in [-0.25, -0.2) is 21.1 Å². The molecule has 0 fully saturated rings. The normalized spacial score (nSPS) is 12.6. The quantitative estimate of drug-likeness (QED) is 0.825. The van der Waals surface area contributed by atoms with Crippen LogP contribution in [0.15, 0.2) is 29.2 Å². The van der Waals surface area contributed by atoms with Crippen LogP contribution in [0.4, 0.5) is 5.69 Å². The smallest absolute Gasteiger partial charge is 0.242 e. The molecule has 0 radical (unpaired) electrons. The average molecular weight is 320 g/mol. The number of rotatable bonds is 7. The number of nitrogens with zero attached hydrogens (tertiary/aromatic N) is 1. The van der Waals surface area contributed by atoms with Gasteiger partial charge in [-0.2, -0.15) is 0 Å². The fraction of sp³-hybridized carbons (Fsp3) is 0.500. The Morgan fingerprint density at radius 3 is 2.05 bits per heavy atom. The summed E-state index contributed by atoms with van der Waals surface area (Å²) < 4.78 is 50.7. The topological polar surface area (TPSA) is 83.5 Å². The number of unbranched alkanes of at least 4 members (excludes halogenated alkanes) is 1. The predicted octanol–water partition coefficient (Wildman–Crippen LogP) is 1.48. The van der Waals surface area contributed by atoms with E-state index in [4.69, 9.17) is 0 Å². The highest BCUT2D eigenvalue weighted by atomic mass is 32.2. The molecule has 0 heterocycles. The summed E-state index contributed by atoms with van der Waals surface area (Å²) in [5.41, 5.74) is 0.360. The highest BCUT2D eigenvalue weighted by molar-refractivity contribution is 7.92. The molecule has 0 saturated carbocycles. The van der Waals surface area contributed by atoms with E-state index >= 15 is 0 Å². The molecule has 1 aromatic carbocycles. The van der Waals surface area contributed by atoms with Crippen molar-refractivity contribution in [1.82, 2.24) is 4.31 Å². The zero-order valence-electron chi connectivity index (χ0n) is 11.8. The van der Waals surface area contributed by atoms with Crippen molar-refractivity contribution in [3.05, 3.63) is 24.3 Å². The minimum atomic E-state index is -3.50. The van der Waals surface area contributed by atoms with Gasteiger partial charge in [0, 0.05) is 19.8 Å². The van der Waals surface area contributed by atoms with Crippen molar-refractivity contribution in [3.8, 4) is 0 Å². The third kappa shape index (κ3) is 4.46. The maximum absolute atomic E-state index is 11.9. The molecule has 6 nitrogen and oxygen atoms in total. The van der Waals surface area contributed by atoms with Crippen LogP contribution in [-0.2, 0) is 20.0 Å². The zero-order valence-corrected chi connectivity index (χ0v) is 13.5. The van der Waals surface area contributed by atoms with Gasteiger partial charge in [-0.1, -0.05) is 13.3 Å². The molecule has 0 aliphatic rings. The van der Waals surface area contributed by atoms with Crippen LogP contribution in [0.2, 0.25) is 0 Å². The molecule has 1 N–H and O–H groups in total. The first-order valence-electron chi connectivity index (χ1n) is 6.22. The lowest BCUT2D eigenvalue weighted by molar-refractivity contribution is 0.521. The minimum absolute atomic E-state index is 0.0568. The summed E-state index contributed by atoms with van der Waals surface area (Å²) in [5.74, 6) is 0.0568. The van der Waals surface area contributed by atoms with Crippen molar-refractivity contribution in [3.63, 3.8) is 0 Å². The number of sulfonamides is 2. The summed E-state index contributed by atoms with van der Waals surface area (Å²) in [4.78, 5) is 0.124. The van der Waals surface area contributed by atoms with E-state index in [0.29, 0.717) is 12.1 Å². The van der Waals surface area contributed by atoms with E-state index in [-0.39, 0.29) is 10.6 Å². The Balaban J connectivity index is 2.88. The maximum Gasteiger partial charge on any atom is 0.242 e. The van der Waals surface area contributed by atoms with E-state index in [0.717, 1.165) is 10.7 Å². The molecule has 0 aromatic heterocycles. The summed E-state index contributed by atoms with van der Waals surface area (Å²) in [5, 5.41) is 0. The molecule has 0 aliphatic heterocycles. The molecule has 114 valence electrons. The highest BCUT2D eigenvalue weighted by Gasteiger charge is 2.17. The molecule has 1 rings (SSSR count). The van der Waals surface area contributed by atoms with E-state index in [2.05, 4.69) is 4.72 Å². The third-order valence-electron chi connectivity index (χ3n) is 2.67. The van der Waals surface area contributed by atoms with Gasteiger partial charge in [0.1, 0.15) is 0 Å². The lowest BCUT2D eigenvalue weighted by atomic mass is 10.3. The number of nitrogens with one attached hydrogen (secondary N) is 1. The Bertz CT molecular complexity index is 635. The third-order valence-corrected chi connectivity index (χ3v) is 5.88. The van der Waals surface area contributed by atoms with Gasteiger partial charge in [-0.3, -0.25) is 4.72 Å². The van der Waals surface area contributed by atoms with Crippen molar-refractivity contribution in [2.24, 2.45) is 0 Å². The molecule has 0 amide bonds. The second-order valence-electron chi connectivity index (χ2n) is 4.59. The Hall–Kier alpha value is -1.12. The fourth-order valence-electron chi connectivity index (χ4n) is 1.47. The largest absolute Gasteiger partial charge is 0.284 e. The summed E-state index contributed by atoms with van der Waals surface area (Å²) >= 11 is 0. The molecular weight excluding hydrogens is 300 g/mol. The van der Waals surface area contributed by atoms with Gasteiger partial charge >= 0.3 is 0 Å². The van der Waals surface area contributed by atoms with Gasteiger partial charge in [0.25, 0.3) is 0 Å². The Kier molecular flexibility index (Phi) is 5.55. The van der Waals surface area contributed by atoms with Crippen LogP contribution in [0.1, 0.15) is 19.8 Å². The van der Waals surface area contributed by atoms with Crippen molar-refractivity contribution >= 4 is 25.7 Å². The number of hydrogen-bond donors (Lipinski definition) is 1. The molecular formula is C12H20N2O4S2. The van der Waals surface area contributed by atoms with E-state index in [1.54, 1.807) is 0 Å². The van der Waals surface area contributed by atoms with Crippen molar-refractivity contribution in [2.75, 3.05) is 24.6 Å². The molecule has 20 heavy (non-hydrogen) atoms. The van der Waals surface area contributed by atoms with Crippen LogP contribution in [0.3, 0.4) is 0 Å². The van der Waals surface area contributed by atoms with Gasteiger partial charge < -0.3 is 0 Å². The van der Waals surface area contributed by atoms with Gasteiger partial charge in [0.05, 0.1) is 10.6 Å². The van der Waals surface area contributed by atoms with E-state index in [1.807, 2.05) is 6.92 Å². The average Bonchev–Trinajstić information content (AvgIpc) is 2.36. The fourth-order valence-corrected chi connectivity index (χ4v) is 3.64. The number of hydrogen-bond acceptors (Lipinski definition) is 4. The van der Waals surface area contributed by atoms with Crippen molar-refractivity contribution in [1.29, 1.82) is 0 Å². The van der Waals surface area contributed by atoms with Gasteiger partial charge in [0.2, 0.25) is 20.0 Å². The molecule has 0 bridgehead atoms. The first kappa shape index (κ1) is 16.9. The molecule has 1 aromatic rings. The van der Waals surface area contributed by atoms with E-state index in [1.165, 1.54) is 38.4 Å². The van der Waals surface area contributed by atoms with Crippen LogP contribution in [0, 0.1) is 0 Å². The van der Waals surface area contributed by atoms with Crippen LogP contribution in [-0.4, -0.2) is 41.0 Å². The summed E-state index contributed by atoms with van der Waals surface area (Å²) in [6.07, 6.45) is 1.38. The lowest BCUT2D eigenvalue weighted by Crippen LogP contribution is -2.22. The predicted molar refractivity (Wildman–Crippen MR) is 79.6 cm³/mol. The molecule has 0 atom stereocenters. The SMILES string of the molecule is CCCCS(=O)(=O)Nc1ccc(S(=O)(=O)N(C)C)cc1. The standard InChI is InChI=1S/C12H20N2O4S2/c1-4-5-10-19(15,16)13-11-6-8-12(9-7-11)20(17,18)14(2)3/h6-9,13H,4-5,10H2,1-3H3. The summed E-state index contributed by atoms with van der Waals surface area (Å²) in [6.45, 7) is 1.91. The van der Waals surface area contributed by atoms with Gasteiger partial charge in [0.15, 0.2) is 0 Å². The monoisotopic (exact) mass is 320 g/mol. The molecule has 0 spiro atoms. The lowest BCUT2D eigenvalue weighted by Gasteiger charge is -2.12. The first-order chi connectivity index (χ1) is 9.19. The van der Waals surface area contributed by atoms with Gasteiger partial charge in [-0.15, -0.1) is 0 Å². The van der Waals surface area contributed by atoms with Crippen LogP contribution < -0.4 is 4.72 Å². The number of anilines is 1. The van der Waals surface area contributed by atoms with Crippen LogP contribution >= 0.6 is 0 Å². The minimum Gasteiger partial charge on any atom is -0.284 e. The van der Waals surface area contributed by atoms with E-state index in [9.17, 15) is 16.8 Å². The molecule has 8 heteroatoms. The first-order valence-corrected chi connectivity index (χ1v) is 9.31. The Labute approximate surface area is 120 Å². The van der Waals surface area contributed by atoms with E-state index < -0.39 is 20.0 Å². The van der Waals surface area contributed by atoms with Gasteiger partial charge in [-0.05, 0) is 30.7 Å². The summed E-state index contributed by atoms with van der Waals surface area (Å²) in [7, 11) is -3.98. The molecule has 0 aliphatic carbocycles. The second kappa shape index (κ2) is 6.55. The molecule has 0 saturated heterocycles. The highest BCUT2D eigenvalue weighted by Crippen LogP contribution is 2.17. The maximum atomic E-state index is 11.9. The molecule has 0 unspecified atom stereocenters. The Morgan fingerprint density at radius 1 is 1.05 bits per heavy atom. The Morgan fingerprint density at radius 2 is 1.60 bits per heavy atom. The number of benzene rings is 1. The van der Waals surface area contributed by atoms with Crippen molar-refractivity contribution < 1.29 is 16.8 Å². The van der Waals surface area contributed by atoms with Crippen LogP contribution in [0.5, 0.6) is 0 Å².